The molecule has 0 unspecified atom stereocenters. The monoisotopic (exact) mass is 146 g/mol. The highest BCUT2D eigenvalue weighted by molar-refractivity contribution is 6.20. The average Bonchev–Trinajstić information content (AvgIpc) is 2.13. The third-order valence-corrected chi connectivity index (χ3v) is 1.67. The molecule has 1 aliphatic rings. The number of rotatable bonds is 1. The van der Waals surface area contributed by atoms with Crippen LogP contribution in [0.3, 0.4) is 0 Å². The summed E-state index contributed by atoms with van der Waals surface area (Å²) in [4.78, 5) is 2.04. The summed E-state index contributed by atoms with van der Waals surface area (Å²) in [6.45, 7) is 4.02. The van der Waals surface area contributed by atoms with E-state index in [-0.39, 0.29) is 5.50 Å². The molecule has 0 aromatic heterocycles. The maximum absolute atomic E-state index is 5.81. The van der Waals surface area contributed by atoms with Crippen molar-refractivity contribution >= 4 is 11.6 Å². The van der Waals surface area contributed by atoms with Gasteiger partial charge in [0.2, 0.25) is 0 Å². The molecule has 0 saturated heterocycles. The van der Waals surface area contributed by atoms with Crippen LogP contribution in [-0.2, 0) is 0 Å². The van der Waals surface area contributed by atoms with Gasteiger partial charge in [0.05, 0.1) is 6.17 Å². The fraction of sp³-hybridized carbons (Fsp3) is 0.667. The Kier molecular flexibility index (Phi) is 1.86. The quantitative estimate of drug-likeness (QED) is 0.443. The van der Waals surface area contributed by atoms with E-state index >= 15 is 0 Å². The zero-order valence-electron chi connectivity index (χ0n) is 5.63. The Bertz CT molecular complexity index is 122. The van der Waals surface area contributed by atoms with Gasteiger partial charge in [0.25, 0.3) is 0 Å². The summed E-state index contributed by atoms with van der Waals surface area (Å²) in [5.41, 5.74) is 0.0752. The van der Waals surface area contributed by atoms with Gasteiger partial charge in [-0.05, 0) is 13.8 Å². The van der Waals surface area contributed by atoms with Gasteiger partial charge in [-0.3, -0.25) is 0 Å². The first-order valence-electron chi connectivity index (χ1n) is 3.06. The lowest BCUT2D eigenvalue weighted by molar-refractivity contribution is 0.287. The molecular weight excluding hydrogens is 136 g/mol. The van der Waals surface area contributed by atoms with Crippen molar-refractivity contribution in [2.75, 3.05) is 0 Å². The van der Waals surface area contributed by atoms with Gasteiger partial charge < -0.3 is 10.2 Å². The lowest BCUT2D eigenvalue weighted by atomic mass is 10.5. The number of halogens is 1. The number of hydrogen-bond donors (Lipinski definition) is 1. The molecule has 0 fully saturated rings. The van der Waals surface area contributed by atoms with E-state index in [9.17, 15) is 0 Å². The van der Waals surface area contributed by atoms with Crippen LogP contribution in [0.5, 0.6) is 0 Å². The zero-order valence-corrected chi connectivity index (χ0v) is 6.39. The second kappa shape index (κ2) is 2.48. The summed E-state index contributed by atoms with van der Waals surface area (Å²) >= 11 is 5.81. The molecule has 0 bridgehead atoms. The highest BCUT2D eigenvalue weighted by atomic mass is 35.5. The van der Waals surface area contributed by atoms with Gasteiger partial charge in [0.1, 0.15) is 5.50 Å². The van der Waals surface area contributed by atoms with Crippen LogP contribution in [0.25, 0.3) is 0 Å². The standard InChI is InChI=1S/C6H11ClN2/c1-5(7)9-4-3-8-6(9)2/h3-6,8H,1-2H3/t5-,6+/m1/s1. The Morgan fingerprint density at radius 3 is 2.67 bits per heavy atom. The topological polar surface area (TPSA) is 15.3 Å². The molecular formula is C6H11ClN2. The molecule has 2 atom stereocenters. The third kappa shape index (κ3) is 1.30. The summed E-state index contributed by atoms with van der Waals surface area (Å²) in [6, 6.07) is 0. The van der Waals surface area contributed by atoms with E-state index in [1.54, 1.807) is 0 Å². The minimum absolute atomic E-state index is 0.0752. The van der Waals surface area contributed by atoms with Crippen LogP contribution in [0.1, 0.15) is 13.8 Å². The highest BCUT2D eigenvalue weighted by Crippen LogP contribution is 2.11. The first-order valence-corrected chi connectivity index (χ1v) is 3.49. The largest absolute Gasteiger partial charge is 0.370 e. The first-order chi connectivity index (χ1) is 4.22. The van der Waals surface area contributed by atoms with Crippen LogP contribution in [0.2, 0.25) is 0 Å². The Balaban J connectivity index is 2.49. The molecule has 1 heterocycles. The smallest absolute Gasteiger partial charge is 0.102 e. The fourth-order valence-electron chi connectivity index (χ4n) is 0.910. The Morgan fingerprint density at radius 2 is 2.44 bits per heavy atom. The van der Waals surface area contributed by atoms with Crippen molar-refractivity contribution in [3.8, 4) is 0 Å². The predicted octanol–water partition coefficient (Wildman–Crippen LogP) is 1.29. The zero-order chi connectivity index (χ0) is 6.85. The van der Waals surface area contributed by atoms with Crippen LogP contribution in [0.15, 0.2) is 12.4 Å². The number of alkyl halides is 1. The second-order valence-corrected chi connectivity index (χ2v) is 2.81. The summed E-state index contributed by atoms with van der Waals surface area (Å²) < 4.78 is 0. The highest BCUT2D eigenvalue weighted by Gasteiger charge is 2.16. The minimum atomic E-state index is 0.0752. The van der Waals surface area contributed by atoms with Crippen molar-refractivity contribution < 1.29 is 0 Å². The summed E-state index contributed by atoms with van der Waals surface area (Å²) in [5, 5.41) is 3.11. The molecule has 52 valence electrons. The molecule has 3 heteroatoms. The van der Waals surface area contributed by atoms with Crippen LogP contribution >= 0.6 is 11.6 Å². The molecule has 2 nitrogen and oxygen atoms in total. The second-order valence-electron chi connectivity index (χ2n) is 2.18. The van der Waals surface area contributed by atoms with Crippen LogP contribution in [-0.4, -0.2) is 16.6 Å². The summed E-state index contributed by atoms with van der Waals surface area (Å²) in [7, 11) is 0. The molecule has 9 heavy (non-hydrogen) atoms. The molecule has 0 aromatic rings. The van der Waals surface area contributed by atoms with Crippen molar-refractivity contribution in [3.05, 3.63) is 12.4 Å². The van der Waals surface area contributed by atoms with E-state index in [0.717, 1.165) is 0 Å². The number of nitrogens with one attached hydrogen (secondary N) is 1. The van der Waals surface area contributed by atoms with Gasteiger partial charge >= 0.3 is 0 Å². The molecule has 1 N–H and O–H groups in total. The molecule has 0 aliphatic carbocycles. The van der Waals surface area contributed by atoms with Crippen LogP contribution < -0.4 is 5.32 Å². The van der Waals surface area contributed by atoms with Crippen molar-refractivity contribution in [1.82, 2.24) is 10.2 Å². The van der Waals surface area contributed by atoms with Gasteiger partial charge in [-0.15, -0.1) is 0 Å². The van der Waals surface area contributed by atoms with Gasteiger partial charge in [0.15, 0.2) is 0 Å². The molecule has 1 rings (SSSR count). The molecule has 0 aromatic carbocycles. The predicted molar refractivity (Wildman–Crippen MR) is 38.9 cm³/mol. The SMILES string of the molecule is C[C@H](Cl)N1C=CN[C@@H]1C. The van der Waals surface area contributed by atoms with Crippen LogP contribution in [0.4, 0.5) is 0 Å². The van der Waals surface area contributed by atoms with Crippen molar-refractivity contribution in [3.63, 3.8) is 0 Å². The number of hydrogen-bond acceptors (Lipinski definition) is 2. The maximum atomic E-state index is 5.81. The van der Waals surface area contributed by atoms with Crippen molar-refractivity contribution in [2.45, 2.75) is 25.5 Å². The molecule has 0 saturated carbocycles. The van der Waals surface area contributed by atoms with Crippen molar-refractivity contribution in [2.24, 2.45) is 0 Å². The van der Waals surface area contributed by atoms with E-state index in [2.05, 4.69) is 12.2 Å². The van der Waals surface area contributed by atoms with Gasteiger partial charge in [-0.25, -0.2) is 0 Å². The van der Waals surface area contributed by atoms with Gasteiger partial charge in [-0.1, -0.05) is 11.6 Å². The fourth-order valence-corrected chi connectivity index (χ4v) is 1.14. The molecule has 0 radical (unpaired) electrons. The average molecular weight is 147 g/mol. The first kappa shape index (κ1) is 6.75. The lowest BCUT2D eigenvalue weighted by Gasteiger charge is -2.24. The third-order valence-electron chi connectivity index (χ3n) is 1.44. The van der Waals surface area contributed by atoms with Gasteiger partial charge in [-0.2, -0.15) is 0 Å². The van der Waals surface area contributed by atoms with E-state index in [4.69, 9.17) is 11.6 Å². The molecule has 0 spiro atoms. The minimum Gasteiger partial charge on any atom is -0.370 e. The summed E-state index contributed by atoms with van der Waals surface area (Å²) in [5.74, 6) is 0. The number of nitrogens with zero attached hydrogens (tertiary/aromatic N) is 1. The van der Waals surface area contributed by atoms with E-state index in [0.29, 0.717) is 6.17 Å². The Morgan fingerprint density at radius 1 is 1.78 bits per heavy atom. The summed E-state index contributed by atoms with van der Waals surface area (Å²) in [6.07, 6.45) is 4.21. The molecule has 0 amide bonds. The van der Waals surface area contributed by atoms with E-state index in [1.807, 2.05) is 24.2 Å². The van der Waals surface area contributed by atoms with E-state index in [1.165, 1.54) is 0 Å². The van der Waals surface area contributed by atoms with Crippen LogP contribution in [0, 0.1) is 0 Å². The van der Waals surface area contributed by atoms with Gasteiger partial charge in [0, 0.05) is 12.4 Å². The van der Waals surface area contributed by atoms with E-state index < -0.39 is 0 Å². The maximum Gasteiger partial charge on any atom is 0.102 e. The lowest BCUT2D eigenvalue weighted by Crippen LogP contribution is -2.35. The Labute approximate surface area is 60.5 Å². The van der Waals surface area contributed by atoms with Crippen molar-refractivity contribution in [1.29, 1.82) is 0 Å². The normalized spacial score (nSPS) is 28.3. The Hall–Kier alpha value is -0.370. The molecule has 1 aliphatic heterocycles.